The molecule has 1 fully saturated rings. The van der Waals surface area contributed by atoms with Gasteiger partial charge >= 0.3 is 0 Å². The maximum absolute atomic E-state index is 11.9. The molecule has 148 valence electrons. The molecule has 0 aromatic heterocycles. The van der Waals surface area contributed by atoms with Gasteiger partial charge in [0.1, 0.15) is 0 Å². The van der Waals surface area contributed by atoms with Gasteiger partial charge in [0, 0.05) is 44.8 Å². The lowest BCUT2D eigenvalue weighted by molar-refractivity contribution is 0.0958. The molecule has 0 spiro atoms. The smallest absolute Gasteiger partial charge is 0.251 e. The standard InChI is InChI=1S/C22H25Cl2N3O/c23-19-10-7-11-20(21(19)24)27-16-14-26(15-17-27)13-6-2-5-12-25-22(28)18-8-3-1-4-9-18/h1-5,7-11H,6,12-17H2,(H,25,28)/b5-2+. The van der Waals surface area contributed by atoms with E-state index in [1.807, 2.05) is 54.6 Å². The molecule has 1 saturated heterocycles. The number of nitrogens with zero attached hydrogens (tertiary/aromatic N) is 2. The fourth-order valence-electron chi connectivity index (χ4n) is 3.25. The van der Waals surface area contributed by atoms with Crippen molar-refractivity contribution in [2.45, 2.75) is 6.42 Å². The van der Waals surface area contributed by atoms with Crippen molar-refractivity contribution in [1.82, 2.24) is 10.2 Å². The first-order valence-electron chi connectivity index (χ1n) is 9.54. The van der Waals surface area contributed by atoms with Crippen molar-refractivity contribution in [3.8, 4) is 0 Å². The molecule has 2 aromatic carbocycles. The summed E-state index contributed by atoms with van der Waals surface area (Å²) in [7, 11) is 0. The van der Waals surface area contributed by atoms with Gasteiger partial charge in [0.25, 0.3) is 5.91 Å². The second-order valence-electron chi connectivity index (χ2n) is 6.74. The van der Waals surface area contributed by atoms with Crippen LogP contribution in [0.5, 0.6) is 0 Å². The normalized spacial score (nSPS) is 15.1. The van der Waals surface area contributed by atoms with Crippen LogP contribution >= 0.6 is 23.2 Å². The van der Waals surface area contributed by atoms with Crippen LogP contribution in [0.25, 0.3) is 0 Å². The second-order valence-corrected chi connectivity index (χ2v) is 7.52. The molecule has 6 heteroatoms. The van der Waals surface area contributed by atoms with E-state index in [2.05, 4.69) is 21.2 Å². The Balaban J connectivity index is 1.34. The molecule has 2 aromatic rings. The van der Waals surface area contributed by atoms with E-state index in [4.69, 9.17) is 23.2 Å². The quantitative estimate of drug-likeness (QED) is 0.673. The Morgan fingerprint density at radius 2 is 1.71 bits per heavy atom. The number of piperazine rings is 1. The predicted molar refractivity (Wildman–Crippen MR) is 118 cm³/mol. The van der Waals surface area contributed by atoms with Crippen LogP contribution in [0.3, 0.4) is 0 Å². The van der Waals surface area contributed by atoms with Crippen LogP contribution < -0.4 is 10.2 Å². The maximum Gasteiger partial charge on any atom is 0.251 e. The van der Waals surface area contributed by atoms with Gasteiger partial charge in [-0.15, -0.1) is 0 Å². The molecular formula is C22H25Cl2N3O. The molecule has 3 rings (SSSR count). The average molecular weight is 418 g/mol. The number of carbonyl (C=O) groups is 1. The topological polar surface area (TPSA) is 35.6 Å². The van der Waals surface area contributed by atoms with Crippen molar-refractivity contribution in [2.24, 2.45) is 0 Å². The van der Waals surface area contributed by atoms with Gasteiger partial charge in [0.05, 0.1) is 15.7 Å². The molecule has 1 amide bonds. The lowest BCUT2D eigenvalue weighted by Crippen LogP contribution is -2.46. The van der Waals surface area contributed by atoms with Crippen molar-refractivity contribution < 1.29 is 4.79 Å². The van der Waals surface area contributed by atoms with Crippen molar-refractivity contribution in [1.29, 1.82) is 0 Å². The van der Waals surface area contributed by atoms with Gasteiger partial charge in [-0.3, -0.25) is 9.69 Å². The second kappa shape index (κ2) is 10.5. The summed E-state index contributed by atoms with van der Waals surface area (Å²) in [6, 6.07) is 15.0. The van der Waals surface area contributed by atoms with Crippen molar-refractivity contribution in [3.05, 3.63) is 76.3 Å². The Morgan fingerprint density at radius 3 is 2.46 bits per heavy atom. The summed E-state index contributed by atoms with van der Waals surface area (Å²) in [5.74, 6) is -0.0407. The van der Waals surface area contributed by atoms with Crippen LogP contribution in [0.15, 0.2) is 60.7 Å². The highest BCUT2D eigenvalue weighted by Crippen LogP contribution is 2.32. The molecule has 1 aliphatic rings. The lowest BCUT2D eigenvalue weighted by Gasteiger charge is -2.36. The van der Waals surface area contributed by atoms with Crippen LogP contribution in [0, 0.1) is 0 Å². The van der Waals surface area contributed by atoms with Crippen LogP contribution in [0.4, 0.5) is 5.69 Å². The third-order valence-electron chi connectivity index (χ3n) is 4.84. The number of hydrogen-bond acceptors (Lipinski definition) is 3. The third kappa shape index (κ3) is 5.74. The number of carbonyl (C=O) groups excluding carboxylic acids is 1. The SMILES string of the molecule is O=C(NC/C=C/CCN1CCN(c2cccc(Cl)c2Cl)CC1)c1ccccc1. The van der Waals surface area contributed by atoms with Crippen LogP contribution in [-0.2, 0) is 0 Å². The summed E-state index contributed by atoms with van der Waals surface area (Å²) in [5.41, 5.74) is 1.71. The minimum absolute atomic E-state index is 0.0407. The Morgan fingerprint density at radius 1 is 0.964 bits per heavy atom. The van der Waals surface area contributed by atoms with Gasteiger partial charge in [0.15, 0.2) is 0 Å². The number of amides is 1. The van der Waals surface area contributed by atoms with E-state index in [1.54, 1.807) is 0 Å². The molecule has 0 aliphatic carbocycles. The average Bonchev–Trinajstić information content (AvgIpc) is 2.73. The highest BCUT2D eigenvalue weighted by molar-refractivity contribution is 6.43. The number of anilines is 1. The number of nitrogens with one attached hydrogen (secondary N) is 1. The first-order chi connectivity index (χ1) is 13.6. The summed E-state index contributed by atoms with van der Waals surface area (Å²) in [6.07, 6.45) is 5.12. The Bertz CT molecular complexity index is 803. The van der Waals surface area contributed by atoms with E-state index in [0.29, 0.717) is 22.2 Å². The fraction of sp³-hybridized carbons (Fsp3) is 0.318. The van der Waals surface area contributed by atoms with Crippen molar-refractivity contribution in [3.63, 3.8) is 0 Å². The first kappa shape index (κ1) is 20.7. The summed E-state index contributed by atoms with van der Waals surface area (Å²) < 4.78 is 0. The van der Waals surface area contributed by atoms with Crippen LogP contribution in [0.2, 0.25) is 10.0 Å². The van der Waals surface area contributed by atoms with Crippen molar-refractivity contribution >= 4 is 34.8 Å². The van der Waals surface area contributed by atoms with Gasteiger partial charge < -0.3 is 10.2 Å². The van der Waals surface area contributed by atoms with E-state index in [9.17, 15) is 4.79 Å². The number of halogens is 2. The minimum atomic E-state index is -0.0407. The predicted octanol–water partition coefficient (Wildman–Crippen LogP) is 4.49. The van der Waals surface area contributed by atoms with Gasteiger partial charge in [-0.2, -0.15) is 0 Å². The zero-order valence-electron chi connectivity index (χ0n) is 15.8. The van der Waals surface area contributed by atoms with E-state index < -0.39 is 0 Å². The minimum Gasteiger partial charge on any atom is -0.368 e. The third-order valence-corrected chi connectivity index (χ3v) is 5.65. The Hall–Kier alpha value is -2.01. The molecular weight excluding hydrogens is 393 g/mol. The largest absolute Gasteiger partial charge is 0.368 e. The summed E-state index contributed by atoms with van der Waals surface area (Å²) in [4.78, 5) is 16.7. The molecule has 28 heavy (non-hydrogen) atoms. The van der Waals surface area contributed by atoms with E-state index in [0.717, 1.165) is 44.8 Å². The molecule has 0 bridgehead atoms. The van der Waals surface area contributed by atoms with Gasteiger partial charge in [-0.05, 0) is 30.7 Å². The summed E-state index contributed by atoms with van der Waals surface area (Å²) >= 11 is 12.5. The molecule has 1 aliphatic heterocycles. The monoisotopic (exact) mass is 417 g/mol. The summed E-state index contributed by atoms with van der Waals surface area (Å²) in [6.45, 7) is 5.45. The maximum atomic E-state index is 11.9. The molecule has 0 unspecified atom stereocenters. The number of benzene rings is 2. The molecule has 4 nitrogen and oxygen atoms in total. The Labute approximate surface area is 176 Å². The zero-order valence-corrected chi connectivity index (χ0v) is 17.3. The molecule has 1 heterocycles. The number of rotatable bonds is 7. The Kier molecular flexibility index (Phi) is 7.78. The molecule has 0 atom stereocenters. The molecule has 0 saturated carbocycles. The fourth-order valence-corrected chi connectivity index (χ4v) is 3.67. The van der Waals surface area contributed by atoms with E-state index >= 15 is 0 Å². The zero-order chi connectivity index (χ0) is 19.8. The molecule has 1 N–H and O–H groups in total. The highest BCUT2D eigenvalue weighted by Gasteiger charge is 2.19. The summed E-state index contributed by atoms with van der Waals surface area (Å²) in [5, 5.41) is 4.14. The highest BCUT2D eigenvalue weighted by atomic mass is 35.5. The first-order valence-corrected chi connectivity index (χ1v) is 10.3. The molecule has 0 radical (unpaired) electrons. The van der Waals surface area contributed by atoms with Crippen LogP contribution in [-0.4, -0.2) is 50.1 Å². The number of hydrogen-bond donors (Lipinski definition) is 1. The van der Waals surface area contributed by atoms with Gasteiger partial charge in [0.2, 0.25) is 0 Å². The van der Waals surface area contributed by atoms with Gasteiger partial charge in [-0.1, -0.05) is 59.6 Å². The van der Waals surface area contributed by atoms with Gasteiger partial charge in [-0.25, -0.2) is 0 Å². The lowest BCUT2D eigenvalue weighted by atomic mass is 10.2. The van der Waals surface area contributed by atoms with E-state index in [-0.39, 0.29) is 5.91 Å². The van der Waals surface area contributed by atoms with Crippen LogP contribution in [0.1, 0.15) is 16.8 Å². The van der Waals surface area contributed by atoms with Crippen molar-refractivity contribution in [2.75, 3.05) is 44.2 Å². The van der Waals surface area contributed by atoms with E-state index in [1.165, 1.54) is 0 Å².